The summed E-state index contributed by atoms with van der Waals surface area (Å²) < 4.78 is 1.86. The smallest absolute Gasteiger partial charge is 0.171 e. The van der Waals surface area contributed by atoms with Crippen LogP contribution in [0.3, 0.4) is 0 Å². The van der Waals surface area contributed by atoms with Crippen molar-refractivity contribution in [1.82, 2.24) is 15.1 Å². The summed E-state index contributed by atoms with van der Waals surface area (Å²) in [5.41, 5.74) is 1.15. The Morgan fingerprint density at radius 1 is 1.30 bits per heavy atom. The van der Waals surface area contributed by atoms with Gasteiger partial charge in [-0.2, -0.15) is 5.10 Å². The van der Waals surface area contributed by atoms with E-state index >= 15 is 0 Å². The number of thiocarbonyl (C=S) groups is 1. The SMILES string of the molecule is CCCNC(=S)Nc1ccn(Cc2ccc(Cl)cc2)n1. The van der Waals surface area contributed by atoms with Crippen molar-refractivity contribution in [1.29, 1.82) is 0 Å². The van der Waals surface area contributed by atoms with Gasteiger partial charge in [0.05, 0.1) is 6.54 Å². The highest BCUT2D eigenvalue weighted by atomic mass is 35.5. The molecule has 1 aromatic heterocycles. The maximum absolute atomic E-state index is 5.86. The highest BCUT2D eigenvalue weighted by Crippen LogP contribution is 2.11. The average Bonchev–Trinajstić information content (AvgIpc) is 2.86. The molecule has 4 nitrogen and oxygen atoms in total. The zero-order valence-corrected chi connectivity index (χ0v) is 12.8. The van der Waals surface area contributed by atoms with Gasteiger partial charge in [-0.25, -0.2) is 0 Å². The van der Waals surface area contributed by atoms with Gasteiger partial charge in [-0.1, -0.05) is 30.7 Å². The minimum absolute atomic E-state index is 0.601. The van der Waals surface area contributed by atoms with Crippen LogP contribution in [0, 0.1) is 0 Å². The maximum atomic E-state index is 5.86. The Kier molecular flexibility index (Phi) is 5.38. The van der Waals surface area contributed by atoms with Crippen LogP contribution in [0.25, 0.3) is 0 Å². The molecule has 0 fully saturated rings. The van der Waals surface area contributed by atoms with Crippen molar-refractivity contribution >= 4 is 34.7 Å². The number of benzene rings is 1. The quantitative estimate of drug-likeness (QED) is 0.832. The Labute approximate surface area is 129 Å². The van der Waals surface area contributed by atoms with Gasteiger partial charge in [-0.3, -0.25) is 4.68 Å². The van der Waals surface area contributed by atoms with Crippen LogP contribution >= 0.6 is 23.8 Å². The average molecular weight is 309 g/mol. The molecule has 0 aliphatic heterocycles. The van der Waals surface area contributed by atoms with Gasteiger partial charge in [0.1, 0.15) is 0 Å². The summed E-state index contributed by atoms with van der Waals surface area (Å²) in [4.78, 5) is 0. The van der Waals surface area contributed by atoms with Crippen molar-refractivity contribution in [2.24, 2.45) is 0 Å². The van der Waals surface area contributed by atoms with Gasteiger partial charge in [-0.15, -0.1) is 0 Å². The fraction of sp³-hybridized carbons (Fsp3) is 0.286. The molecule has 0 radical (unpaired) electrons. The van der Waals surface area contributed by atoms with Gasteiger partial charge in [-0.05, 0) is 36.3 Å². The fourth-order valence-corrected chi connectivity index (χ4v) is 2.02. The first-order valence-corrected chi connectivity index (χ1v) is 7.28. The summed E-state index contributed by atoms with van der Waals surface area (Å²) in [6.07, 6.45) is 2.95. The van der Waals surface area contributed by atoms with E-state index in [1.165, 1.54) is 0 Å². The summed E-state index contributed by atoms with van der Waals surface area (Å²) >= 11 is 11.0. The minimum Gasteiger partial charge on any atom is -0.362 e. The number of rotatable bonds is 5. The third-order valence-corrected chi connectivity index (χ3v) is 3.17. The minimum atomic E-state index is 0.601. The van der Waals surface area contributed by atoms with Crippen LogP contribution in [0.4, 0.5) is 5.82 Å². The van der Waals surface area contributed by atoms with E-state index in [0.717, 1.165) is 29.4 Å². The van der Waals surface area contributed by atoms with Crippen LogP contribution in [-0.2, 0) is 6.54 Å². The van der Waals surface area contributed by atoms with E-state index in [2.05, 4.69) is 22.7 Å². The number of hydrogen-bond donors (Lipinski definition) is 2. The van der Waals surface area contributed by atoms with Crippen molar-refractivity contribution in [2.45, 2.75) is 19.9 Å². The van der Waals surface area contributed by atoms with Crippen molar-refractivity contribution < 1.29 is 0 Å². The normalized spacial score (nSPS) is 10.3. The van der Waals surface area contributed by atoms with E-state index in [9.17, 15) is 0 Å². The van der Waals surface area contributed by atoms with Crippen molar-refractivity contribution in [3.8, 4) is 0 Å². The Morgan fingerprint density at radius 3 is 2.75 bits per heavy atom. The molecule has 0 unspecified atom stereocenters. The van der Waals surface area contributed by atoms with E-state index < -0.39 is 0 Å². The maximum Gasteiger partial charge on any atom is 0.171 e. The molecular weight excluding hydrogens is 292 g/mol. The molecule has 0 atom stereocenters. The van der Waals surface area contributed by atoms with Gasteiger partial charge < -0.3 is 10.6 Å². The Bertz CT molecular complexity index is 565. The summed E-state index contributed by atoms with van der Waals surface area (Å²) in [5, 5.41) is 11.9. The van der Waals surface area contributed by atoms with E-state index in [1.54, 1.807) is 0 Å². The number of anilines is 1. The molecule has 0 amide bonds. The first kappa shape index (κ1) is 14.8. The standard InChI is InChI=1S/C14H17ClN4S/c1-2-8-16-14(20)17-13-7-9-19(18-13)10-11-3-5-12(15)6-4-11/h3-7,9H,2,8,10H2,1H3,(H2,16,17,18,20). The van der Waals surface area contributed by atoms with Gasteiger partial charge in [0, 0.05) is 23.8 Å². The summed E-state index contributed by atoms with van der Waals surface area (Å²) in [6.45, 7) is 3.65. The van der Waals surface area contributed by atoms with Crippen LogP contribution in [0.2, 0.25) is 5.02 Å². The van der Waals surface area contributed by atoms with Gasteiger partial charge >= 0.3 is 0 Å². The Balaban J connectivity index is 1.91. The molecule has 0 aliphatic rings. The number of halogens is 1. The highest BCUT2D eigenvalue weighted by molar-refractivity contribution is 7.80. The number of hydrogen-bond acceptors (Lipinski definition) is 2. The lowest BCUT2D eigenvalue weighted by molar-refractivity contribution is 0.690. The van der Waals surface area contributed by atoms with Crippen LogP contribution in [0.1, 0.15) is 18.9 Å². The molecular formula is C14H17ClN4S. The molecule has 20 heavy (non-hydrogen) atoms. The number of nitrogens with zero attached hydrogens (tertiary/aromatic N) is 2. The van der Waals surface area contributed by atoms with Crippen molar-refractivity contribution in [3.63, 3.8) is 0 Å². The molecule has 6 heteroatoms. The largest absolute Gasteiger partial charge is 0.362 e. The predicted molar refractivity (Wildman–Crippen MR) is 87.3 cm³/mol. The Morgan fingerprint density at radius 2 is 2.05 bits per heavy atom. The van der Waals surface area contributed by atoms with Crippen LogP contribution in [-0.4, -0.2) is 21.4 Å². The summed E-state index contributed by atoms with van der Waals surface area (Å²) in [6, 6.07) is 9.64. The van der Waals surface area contributed by atoms with E-state index in [-0.39, 0.29) is 0 Å². The molecule has 2 rings (SSSR count). The first-order chi connectivity index (χ1) is 9.67. The van der Waals surface area contributed by atoms with E-state index in [4.69, 9.17) is 23.8 Å². The monoisotopic (exact) mass is 308 g/mol. The molecule has 1 heterocycles. The van der Waals surface area contributed by atoms with E-state index in [0.29, 0.717) is 11.7 Å². The topological polar surface area (TPSA) is 41.9 Å². The third kappa shape index (κ3) is 4.51. The number of aromatic nitrogens is 2. The summed E-state index contributed by atoms with van der Waals surface area (Å²) in [5.74, 6) is 0.743. The molecule has 2 N–H and O–H groups in total. The number of nitrogens with one attached hydrogen (secondary N) is 2. The predicted octanol–water partition coefficient (Wildman–Crippen LogP) is 3.28. The van der Waals surface area contributed by atoms with E-state index in [1.807, 2.05) is 41.2 Å². The lowest BCUT2D eigenvalue weighted by Crippen LogP contribution is -2.29. The molecule has 0 aliphatic carbocycles. The second-order valence-electron chi connectivity index (χ2n) is 4.41. The second kappa shape index (κ2) is 7.26. The Hall–Kier alpha value is -1.59. The third-order valence-electron chi connectivity index (χ3n) is 2.68. The van der Waals surface area contributed by atoms with Crippen molar-refractivity contribution in [2.75, 3.05) is 11.9 Å². The lowest BCUT2D eigenvalue weighted by atomic mass is 10.2. The van der Waals surface area contributed by atoms with Crippen LogP contribution in [0.5, 0.6) is 0 Å². The van der Waals surface area contributed by atoms with Crippen molar-refractivity contribution in [3.05, 3.63) is 47.1 Å². The molecule has 1 aromatic carbocycles. The van der Waals surface area contributed by atoms with Gasteiger partial charge in [0.25, 0.3) is 0 Å². The van der Waals surface area contributed by atoms with Gasteiger partial charge in [0.15, 0.2) is 10.9 Å². The summed E-state index contributed by atoms with van der Waals surface area (Å²) in [7, 11) is 0. The molecule has 0 bridgehead atoms. The van der Waals surface area contributed by atoms with Gasteiger partial charge in [0.2, 0.25) is 0 Å². The lowest BCUT2D eigenvalue weighted by Gasteiger charge is -2.07. The zero-order chi connectivity index (χ0) is 14.4. The highest BCUT2D eigenvalue weighted by Gasteiger charge is 2.02. The molecule has 0 spiro atoms. The first-order valence-electron chi connectivity index (χ1n) is 6.50. The van der Waals surface area contributed by atoms with Crippen LogP contribution < -0.4 is 10.6 Å². The molecule has 106 valence electrons. The zero-order valence-electron chi connectivity index (χ0n) is 11.3. The second-order valence-corrected chi connectivity index (χ2v) is 5.25. The fourth-order valence-electron chi connectivity index (χ4n) is 1.69. The molecule has 0 saturated carbocycles. The van der Waals surface area contributed by atoms with Crippen LogP contribution in [0.15, 0.2) is 36.5 Å². The molecule has 2 aromatic rings. The molecule has 0 saturated heterocycles.